The van der Waals surface area contributed by atoms with E-state index in [0.29, 0.717) is 0 Å². The first kappa shape index (κ1) is 9.26. The van der Waals surface area contributed by atoms with Gasteiger partial charge >= 0.3 is 0 Å². The summed E-state index contributed by atoms with van der Waals surface area (Å²) in [6.07, 6.45) is 10.8. The van der Waals surface area contributed by atoms with Crippen LogP contribution in [0, 0.1) is 0 Å². The summed E-state index contributed by atoms with van der Waals surface area (Å²) in [6.45, 7) is 5.06. The van der Waals surface area contributed by atoms with Crippen LogP contribution in [0.25, 0.3) is 0 Å². The molecule has 1 aliphatic heterocycles. The minimum absolute atomic E-state index is 0.739. The molecule has 2 rings (SSSR count). The van der Waals surface area contributed by atoms with Gasteiger partial charge in [-0.1, -0.05) is 18.1 Å². The SMILES string of the molecule is CC(C1=CCCC1)N1CCCCC1. The van der Waals surface area contributed by atoms with Gasteiger partial charge in [-0.15, -0.1) is 0 Å². The molecule has 13 heavy (non-hydrogen) atoms. The Morgan fingerprint density at radius 1 is 1.15 bits per heavy atom. The molecule has 0 bridgehead atoms. The second-order valence-corrected chi connectivity index (χ2v) is 4.44. The average molecular weight is 179 g/mol. The van der Waals surface area contributed by atoms with Crippen molar-refractivity contribution in [3.63, 3.8) is 0 Å². The number of likely N-dealkylation sites (tertiary alicyclic amines) is 1. The first-order valence-electron chi connectivity index (χ1n) is 5.81. The molecule has 0 radical (unpaired) electrons. The van der Waals surface area contributed by atoms with Gasteiger partial charge in [-0.05, 0) is 52.1 Å². The van der Waals surface area contributed by atoms with Gasteiger partial charge in [0.2, 0.25) is 0 Å². The minimum atomic E-state index is 0.739. The standard InChI is InChI=1S/C12H21N/c1-11(12-7-3-4-8-12)13-9-5-2-6-10-13/h7,11H,2-6,8-10H2,1H3. The van der Waals surface area contributed by atoms with E-state index in [0.717, 1.165) is 6.04 Å². The number of hydrogen-bond donors (Lipinski definition) is 0. The topological polar surface area (TPSA) is 3.24 Å². The van der Waals surface area contributed by atoms with Crippen molar-refractivity contribution >= 4 is 0 Å². The van der Waals surface area contributed by atoms with Crippen LogP contribution >= 0.6 is 0 Å². The average Bonchev–Trinajstić information content (AvgIpc) is 2.71. The highest BCUT2D eigenvalue weighted by Crippen LogP contribution is 2.25. The van der Waals surface area contributed by atoms with Gasteiger partial charge in [0.25, 0.3) is 0 Å². The van der Waals surface area contributed by atoms with Crippen molar-refractivity contribution in [3.8, 4) is 0 Å². The lowest BCUT2D eigenvalue weighted by Gasteiger charge is -2.33. The van der Waals surface area contributed by atoms with Crippen molar-refractivity contribution in [2.24, 2.45) is 0 Å². The fourth-order valence-electron chi connectivity index (χ4n) is 2.62. The summed E-state index contributed by atoms with van der Waals surface area (Å²) >= 11 is 0. The molecule has 1 atom stereocenters. The molecular weight excluding hydrogens is 158 g/mol. The number of hydrogen-bond acceptors (Lipinski definition) is 1. The Bertz CT molecular complexity index is 189. The maximum absolute atomic E-state index is 2.67. The quantitative estimate of drug-likeness (QED) is 0.589. The molecule has 0 N–H and O–H groups in total. The van der Waals surface area contributed by atoms with Crippen molar-refractivity contribution in [3.05, 3.63) is 11.6 Å². The molecule has 0 saturated carbocycles. The highest BCUT2D eigenvalue weighted by molar-refractivity contribution is 5.14. The Morgan fingerprint density at radius 3 is 2.54 bits per heavy atom. The maximum atomic E-state index is 2.67. The summed E-state index contributed by atoms with van der Waals surface area (Å²) in [6, 6.07) is 0.739. The van der Waals surface area contributed by atoms with Crippen molar-refractivity contribution in [2.75, 3.05) is 13.1 Å². The molecule has 1 saturated heterocycles. The van der Waals surface area contributed by atoms with Crippen LogP contribution in [-0.2, 0) is 0 Å². The third-order valence-corrected chi connectivity index (χ3v) is 3.55. The molecule has 0 aromatic carbocycles. The molecule has 2 aliphatic rings. The lowest BCUT2D eigenvalue weighted by atomic mass is 10.0. The first-order valence-corrected chi connectivity index (χ1v) is 5.81. The zero-order chi connectivity index (χ0) is 9.10. The number of piperidine rings is 1. The van der Waals surface area contributed by atoms with Crippen LogP contribution in [0.5, 0.6) is 0 Å². The Balaban J connectivity index is 1.90. The van der Waals surface area contributed by atoms with Gasteiger partial charge in [0.05, 0.1) is 0 Å². The van der Waals surface area contributed by atoms with Gasteiger partial charge in [-0.3, -0.25) is 4.90 Å². The van der Waals surface area contributed by atoms with E-state index in [1.807, 2.05) is 0 Å². The summed E-state index contributed by atoms with van der Waals surface area (Å²) < 4.78 is 0. The van der Waals surface area contributed by atoms with Crippen LogP contribution in [0.4, 0.5) is 0 Å². The molecule has 1 unspecified atom stereocenters. The fraction of sp³-hybridized carbons (Fsp3) is 0.833. The first-order chi connectivity index (χ1) is 6.38. The molecule has 0 spiro atoms. The van der Waals surface area contributed by atoms with Crippen LogP contribution in [0.1, 0.15) is 45.4 Å². The van der Waals surface area contributed by atoms with Crippen LogP contribution in [0.3, 0.4) is 0 Å². The molecule has 1 heteroatoms. The van der Waals surface area contributed by atoms with Gasteiger partial charge < -0.3 is 0 Å². The van der Waals surface area contributed by atoms with Crippen molar-refractivity contribution in [1.82, 2.24) is 4.90 Å². The molecule has 0 amide bonds. The number of rotatable bonds is 2. The van der Waals surface area contributed by atoms with Crippen LogP contribution in [0.2, 0.25) is 0 Å². The van der Waals surface area contributed by atoms with Gasteiger partial charge in [-0.2, -0.15) is 0 Å². The molecule has 1 fully saturated rings. The maximum Gasteiger partial charge on any atom is 0.0279 e. The zero-order valence-electron chi connectivity index (χ0n) is 8.76. The second-order valence-electron chi connectivity index (χ2n) is 4.44. The van der Waals surface area contributed by atoms with Crippen LogP contribution < -0.4 is 0 Å². The predicted octanol–water partition coefficient (Wildman–Crippen LogP) is 2.97. The third-order valence-electron chi connectivity index (χ3n) is 3.55. The van der Waals surface area contributed by atoms with E-state index in [4.69, 9.17) is 0 Å². The lowest BCUT2D eigenvalue weighted by molar-refractivity contribution is 0.192. The summed E-state index contributed by atoms with van der Waals surface area (Å²) in [5, 5.41) is 0. The molecule has 74 valence electrons. The van der Waals surface area contributed by atoms with Gasteiger partial charge in [0.15, 0.2) is 0 Å². The highest BCUT2D eigenvalue weighted by atomic mass is 15.2. The molecular formula is C12H21N. The van der Waals surface area contributed by atoms with Crippen molar-refractivity contribution in [1.29, 1.82) is 0 Å². The van der Waals surface area contributed by atoms with E-state index in [1.165, 1.54) is 51.6 Å². The lowest BCUT2D eigenvalue weighted by Crippen LogP contribution is -2.38. The second kappa shape index (κ2) is 4.28. The molecule has 1 heterocycles. The summed E-state index contributed by atoms with van der Waals surface area (Å²) in [7, 11) is 0. The Labute approximate surface area is 81.8 Å². The van der Waals surface area contributed by atoms with Crippen molar-refractivity contribution < 1.29 is 0 Å². The molecule has 0 aromatic rings. The number of allylic oxidation sites excluding steroid dienone is 1. The summed E-state index contributed by atoms with van der Waals surface area (Å²) in [4.78, 5) is 2.67. The van der Waals surface area contributed by atoms with E-state index < -0.39 is 0 Å². The van der Waals surface area contributed by atoms with Crippen molar-refractivity contribution in [2.45, 2.75) is 51.5 Å². The molecule has 0 aromatic heterocycles. The highest BCUT2D eigenvalue weighted by Gasteiger charge is 2.20. The van der Waals surface area contributed by atoms with Crippen LogP contribution in [0.15, 0.2) is 11.6 Å². The largest absolute Gasteiger partial charge is 0.297 e. The number of nitrogens with zero attached hydrogens (tertiary/aromatic N) is 1. The van der Waals surface area contributed by atoms with Gasteiger partial charge in [0, 0.05) is 6.04 Å². The van der Waals surface area contributed by atoms with E-state index in [-0.39, 0.29) is 0 Å². The molecule has 1 aliphatic carbocycles. The monoisotopic (exact) mass is 179 g/mol. The zero-order valence-corrected chi connectivity index (χ0v) is 8.76. The Morgan fingerprint density at radius 2 is 1.92 bits per heavy atom. The van der Waals surface area contributed by atoms with Gasteiger partial charge in [0.1, 0.15) is 0 Å². The van der Waals surface area contributed by atoms with Crippen LogP contribution in [-0.4, -0.2) is 24.0 Å². The normalized spacial score (nSPS) is 27.3. The Hall–Kier alpha value is -0.300. The predicted molar refractivity (Wildman–Crippen MR) is 56.8 cm³/mol. The van der Waals surface area contributed by atoms with E-state index in [2.05, 4.69) is 17.9 Å². The van der Waals surface area contributed by atoms with Gasteiger partial charge in [-0.25, -0.2) is 0 Å². The Kier molecular flexibility index (Phi) is 3.05. The third kappa shape index (κ3) is 2.14. The van der Waals surface area contributed by atoms with E-state index in [9.17, 15) is 0 Å². The van der Waals surface area contributed by atoms with E-state index >= 15 is 0 Å². The smallest absolute Gasteiger partial charge is 0.0279 e. The van der Waals surface area contributed by atoms with E-state index in [1.54, 1.807) is 5.57 Å². The molecule has 1 nitrogen and oxygen atoms in total. The minimum Gasteiger partial charge on any atom is -0.297 e. The summed E-state index contributed by atoms with van der Waals surface area (Å²) in [5.41, 5.74) is 1.71. The summed E-state index contributed by atoms with van der Waals surface area (Å²) in [5.74, 6) is 0. The fourth-order valence-corrected chi connectivity index (χ4v) is 2.62.